The average Bonchev–Trinajstić information content (AvgIpc) is 2.42. The fourth-order valence-corrected chi connectivity index (χ4v) is 2.97. The number of carbonyl (C=O) groups is 2. The van der Waals surface area contributed by atoms with Crippen LogP contribution in [0.5, 0.6) is 0 Å². The van der Waals surface area contributed by atoms with Crippen molar-refractivity contribution in [2.24, 2.45) is 0 Å². The molecule has 1 atom stereocenters. The molecule has 0 radical (unpaired) electrons. The van der Waals surface area contributed by atoms with E-state index in [9.17, 15) is 14.0 Å². The SMILES string of the molecule is Cc1cccc([C@]2(NC(=O)OC(C)(C)C)CCCCC2=O)c1F. The molecule has 1 aromatic rings. The molecule has 1 aliphatic rings. The van der Waals surface area contributed by atoms with Gasteiger partial charge in [-0.2, -0.15) is 0 Å². The van der Waals surface area contributed by atoms with Crippen LogP contribution >= 0.6 is 0 Å². The second-order valence-electron chi connectivity index (χ2n) is 7.10. The second kappa shape index (κ2) is 6.30. The molecule has 0 unspecified atom stereocenters. The topological polar surface area (TPSA) is 55.4 Å². The first-order valence-electron chi connectivity index (χ1n) is 7.96. The Morgan fingerprint density at radius 3 is 2.61 bits per heavy atom. The van der Waals surface area contributed by atoms with Gasteiger partial charge >= 0.3 is 6.09 Å². The molecule has 23 heavy (non-hydrogen) atoms. The zero-order valence-electron chi connectivity index (χ0n) is 14.2. The van der Waals surface area contributed by atoms with E-state index in [0.717, 1.165) is 12.8 Å². The van der Waals surface area contributed by atoms with Gasteiger partial charge in [0.25, 0.3) is 0 Å². The Morgan fingerprint density at radius 1 is 1.30 bits per heavy atom. The summed E-state index contributed by atoms with van der Waals surface area (Å²) in [7, 11) is 0. The summed E-state index contributed by atoms with van der Waals surface area (Å²) in [4.78, 5) is 24.9. The first-order chi connectivity index (χ1) is 10.7. The van der Waals surface area contributed by atoms with Crippen molar-refractivity contribution in [3.05, 3.63) is 35.1 Å². The smallest absolute Gasteiger partial charge is 0.408 e. The summed E-state index contributed by atoms with van der Waals surface area (Å²) in [6, 6.07) is 4.92. The maximum absolute atomic E-state index is 14.6. The van der Waals surface area contributed by atoms with E-state index in [0.29, 0.717) is 18.4 Å². The molecule has 0 heterocycles. The minimum absolute atomic E-state index is 0.167. The summed E-state index contributed by atoms with van der Waals surface area (Å²) < 4.78 is 19.9. The lowest BCUT2D eigenvalue weighted by Gasteiger charge is -2.37. The number of ether oxygens (including phenoxy) is 1. The summed E-state index contributed by atoms with van der Waals surface area (Å²) >= 11 is 0. The van der Waals surface area contributed by atoms with Crippen LogP contribution in [0.4, 0.5) is 9.18 Å². The molecule has 1 aliphatic carbocycles. The number of benzene rings is 1. The standard InChI is InChI=1S/C18H24FNO3/c1-12-8-7-9-13(15(12)19)18(11-6-5-10-14(18)21)20-16(22)23-17(2,3)4/h7-9H,5-6,10-11H2,1-4H3,(H,20,22)/t18-/m1/s1. The number of aryl methyl sites for hydroxylation is 1. The summed E-state index contributed by atoms with van der Waals surface area (Å²) in [5.74, 6) is -0.613. The minimum Gasteiger partial charge on any atom is -0.444 e. The van der Waals surface area contributed by atoms with Crippen LogP contribution in [-0.4, -0.2) is 17.5 Å². The Bertz CT molecular complexity index is 621. The predicted molar refractivity (Wildman–Crippen MR) is 85.7 cm³/mol. The van der Waals surface area contributed by atoms with Gasteiger partial charge in [0.15, 0.2) is 5.78 Å². The van der Waals surface area contributed by atoms with Gasteiger partial charge in [0, 0.05) is 12.0 Å². The maximum atomic E-state index is 14.6. The molecule has 0 aliphatic heterocycles. The van der Waals surface area contributed by atoms with E-state index in [1.807, 2.05) is 0 Å². The first-order valence-corrected chi connectivity index (χ1v) is 7.96. The average molecular weight is 321 g/mol. The Labute approximate surface area is 136 Å². The van der Waals surface area contributed by atoms with Gasteiger partial charge in [-0.05, 0) is 52.5 Å². The molecule has 2 rings (SSSR count). The number of hydrogen-bond donors (Lipinski definition) is 1. The molecule has 1 amide bonds. The fourth-order valence-electron chi connectivity index (χ4n) is 2.97. The highest BCUT2D eigenvalue weighted by Gasteiger charge is 2.45. The molecule has 0 bridgehead atoms. The number of halogens is 1. The van der Waals surface area contributed by atoms with E-state index < -0.39 is 23.1 Å². The molecule has 0 spiro atoms. The molecule has 1 saturated carbocycles. The van der Waals surface area contributed by atoms with Crippen LogP contribution < -0.4 is 5.32 Å². The normalized spacial score (nSPS) is 21.9. The highest BCUT2D eigenvalue weighted by molar-refractivity contribution is 5.93. The van der Waals surface area contributed by atoms with E-state index in [1.54, 1.807) is 45.9 Å². The highest BCUT2D eigenvalue weighted by Crippen LogP contribution is 2.37. The van der Waals surface area contributed by atoms with Gasteiger partial charge in [-0.1, -0.05) is 18.2 Å². The van der Waals surface area contributed by atoms with Gasteiger partial charge in [0.2, 0.25) is 0 Å². The van der Waals surface area contributed by atoms with E-state index in [1.165, 1.54) is 0 Å². The molecular weight excluding hydrogens is 297 g/mol. The first kappa shape index (κ1) is 17.4. The largest absolute Gasteiger partial charge is 0.444 e. The minimum atomic E-state index is -1.34. The third kappa shape index (κ3) is 3.71. The number of amides is 1. The van der Waals surface area contributed by atoms with Crippen LogP contribution in [0, 0.1) is 12.7 Å². The number of nitrogens with one attached hydrogen (secondary N) is 1. The number of rotatable bonds is 2. The number of alkyl carbamates (subject to hydrolysis) is 1. The van der Waals surface area contributed by atoms with Crippen LogP contribution in [-0.2, 0) is 15.1 Å². The Kier molecular flexibility index (Phi) is 4.78. The molecule has 0 aromatic heterocycles. The maximum Gasteiger partial charge on any atom is 0.408 e. The zero-order chi connectivity index (χ0) is 17.3. The van der Waals surface area contributed by atoms with Crippen molar-refractivity contribution in [1.82, 2.24) is 5.32 Å². The Balaban J connectivity index is 2.43. The quantitative estimate of drug-likeness (QED) is 0.896. The summed E-state index contributed by atoms with van der Waals surface area (Å²) in [5, 5.41) is 2.67. The van der Waals surface area contributed by atoms with Crippen molar-refractivity contribution in [2.45, 2.75) is 64.5 Å². The van der Waals surface area contributed by atoms with Gasteiger partial charge in [0.1, 0.15) is 17.0 Å². The zero-order valence-corrected chi connectivity index (χ0v) is 14.2. The molecular formula is C18H24FNO3. The van der Waals surface area contributed by atoms with E-state index >= 15 is 0 Å². The number of carbonyl (C=O) groups excluding carboxylic acids is 2. The monoisotopic (exact) mass is 321 g/mol. The van der Waals surface area contributed by atoms with Gasteiger partial charge in [-0.25, -0.2) is 9.18 Å². The van der Waals surface area contributed by atoms with Crippen LogP contribution in [0.3, 0.4) is 0 Å². The number of ketones is 1. The molecule has 5 heteroatoms. The van der Waals surface area contributed by atoms with Crippen molar-refractivity contribution in [3.8, 4) is 0 Å². The van der Waals surface area contributed by atoms with Crippen LogP contribution in [0.2, 0.25) is 0 Å². The van der Waals surface area contributed by atoms with Crippen LogP contribution in [0.1, 0.15) is 57.6 Å². The Hall–Kier alpha value is -1.91. The van der Waals surface area contributed by atoms with Gasteiger partial charge in [-0.15, -0.1) is 0 Å². The molecule has 1 N–H and O–H groups in total. The third-order valence-electron chi connectivity index (χ3n) is 4.05. The van der Waals surface area contributed by atoms with Crippen molar-refractivity contribution in [3.63, 3.8) is 0 Å². The lowest BCUT2D eigenvalue weighted by Crippen LogP contribution is -2.54. The highest BCUT2D eigenvalue weighted by atomic mass is 19.1. The van der Waals surface area contributed by atoms with E-state index in [4.69, 9.17) is 4.74 Å². The Morgan fingerprint density at radius 2 is 2.00 bits per heavy atom. The summed E-state index contributed by atoms with van der Waals surface area (Å²) in [5.41, 5.74) is -1.34. The molecule has 1 fully saturated rings. The van der Waals surface area contributed by atoms with Crippen molar-refractivity contribution >= 4 is 11.9 Å². The lowest BCUT2D eigenvalue weighted by atomic mass is 9.75. The fraction of sp³-hybridized carbons (Fsp3) is 0.556. The van der Waals surface area contributed by atoms with Crippen LogP contribution in [0.25, 0.3) is 0 Å². The van der Waals surface area contributed by atoms with Crippen LogP contribution in [0.15, 0.2) is 18.2 Å². The summed E-state index contributed by atoms with van der Waals surface area (Å²) in [6.07, 6.45) is 1.50. The molecule has 0 saturated heterocycles. The lowest BCUT2D eigenvalue weighted by molar-refractivity contribution is -0.128. The van der Waals surface area contributed by atoms with Gasteiger partial charge in [0.05, 0.1) is 0 Å². The van der Waals surface area contributed by atoms with E-state index in [2.05, 4.69) is 5.32 Å². The summed E-state index contributed by atoms with van der Waals surface area (Å²) in [6.45, 7) is 6.88. The predicted octanol–water partition coefficient (Wildman–Crippen LogP) is 4.00. The van der Waals surface area contributed by atoms with Gasteiger partial charge < -0.3 is 10.1 Å². The third-order valence-corrected chi connectivity index (χ3v) is 4.05. The number of Topliss-reactive ketones (excluding diaryl/α,β-unsaturated/α-hetero) is 1. The van der Waals surface area contributed by atoms with Crippen molar-refractivity contribution < 1.29 is 18.7 Å². The van der Waals surface area contributed by atoms with Crippen molar-refractivity contribution in [2.75, 3.05) is 0 Å². The van der Waals surface area contributed by atoms with Gasteiger partial charge in [-0.3, -0.25) is 4.79 Å². The molecule has 126 valence electrons. The number of hydrogen-bond acceptors (Lipinski definition) is 3. The molecule has 1 aromatic carbocycles. The molecule has 4 nitrogen and oxygen atoms in total. The van der Waals surface area contributed by atoms with Crippen molar-refractivity contribution in [1.29, 1.82) is 0 Å². The van der Waals surface area contributed by atoms with E-state index in [-0.39, 0.29) is 11.3 Å². The second-order valence-corrected chi connectivity index (χ2v) is 7.10.